The fourth-order valence-electron chi connectivity index (χ4n) is 3.11. The lowest BCUT2D eigenvalue weighted by atomic mass is 10.0. The van der Waals surface area contributed by atoms with E-state index in [2.05, 4.69) is 10.1 Å². The molecular formula is C18H22FN3O3. The second-order valence-corrected chi connectivity index (χ2v) is 6.44. The van der Waals surface area contributed by atoms with Crippen LogP contribution < -0.4 is 0 Å². The van der Waals surface area contributed by atoms with Crippen LogP contribution in [0.4, 0.5) is 4.39 Å². The third-order valence-corrected chi connectivity index (χ3v) is 4.52. The Morgan fingerprint density at radius 1 is 1.28 bits per heavy atom. The van der Waals surface area contributed by atoms with Crippen molar-refractivity contribution in [1.82, 2.24) is 15.0 Å². The average molecular weight is 347 g/mol. The van der Waals surface area contributed by atoms with E-state index in [4.69, 9.17) is 4.52 Å². The maximum atomic E-state index is 13.2. The summed E-state index contributed by atoms with van der Waals surface area (Å²) in [6.07, 6.45) is -0.681. The third kappa shape index (κ3) is 4.05. The van der Waals surface area contributed by atoms with Crippen molar-refractivity contribution in [2.75, 3.05) is 32.7 Å². The van der Waals surface area contributed by atoms with Crippen LogP contribution in [0.5, 0.6) is 0 Å². The lowest BCUT2D eigenvalue weighted by molar-refractivity contribution is 0.0495. The third-order valence-electron chi connectivity index (χ3n) is 4.52. The zero-order valence-corrected chi connectivity index (χ0v) is 14.4. The molecule has 1 aliphatic rings. The van der Waals surface area contributed by atoms with E-state index in [1.54, 1.807) is 30.9 Å². The van der Waals surface area contributed by atoms with Gasteiger partial charge in [0.25, 0.3) is 5.91 Å². The van der Waals surface area contributed by atoms with Crippen molar-refractivity contribution in [3.05, 3.63) is 52.7 Å². The number of aliphatic hydroxyl groups is 1. The number of amides is 1. The van der Waals surface area contributed by atoms with Crippen LogP contribution in [-0.4, -0.2) is 58.7 Å². The highest BCUT2D eigenvalue weighted by molar-refractivity contribution is 5.91. The Hall–Kier alpha value is -2.25. The summed E-state index contributed by atoms with van der Waals surface area (Å²) in [5, 5.41) is 14.2. The van der Waals surface area contributed by atoms with Gasteiger partial charge in [0.1, 0.15) is 5.82 Å². The van der Waals surface area contributed by atoms with E-state index in [1.807, 2.05) is 0 Å². The number of piperazine rings is 1. The van der Waals surface area contributed by atoms with E-state index in [9.17, 15) is 14.3 Å². The maximum Gasteiger partial charge on any atom is 0.292 e. The average Bonchev–Trinajstić information content (AvgIpc) is 3.01. The number of nitrogens with zero attached hydrogens (tertiary/aromatic N) is 3. The number of carbonyl (C=O) groups excluding carboxylic acids is 1. The molecule has 0 spiro atoms. The molecule has 1 atom stereocenters. The minimum atomic E-state index is -0.681. The van der Waals surface area contributed by atoms with Crippen LogP contribution in [0.3, 0.4) is 0 Å². The Balaban J connectivity index is 1.54. The molecule has 0 aliphatic carbocycles. The Morgan fingerprint density at radius 3 is 2.60 bits per heavy atom. The van der Waals surface area contributed by atoms with Crippen molar-refractivity contribution in [1.29, 1.82) is 0 Å². The second kappa shape index (κ2) is 7.33. The molecule has 0 radical (unpaired) electrons. The van der Waals surface area contributed by atoms with Gasteiger partial charge in [-0.25, -0.2) is 4.39 Å². The van der Waals surface area contributed by atoms with Crippen LogP contribution in [0, 0.1) is 19.7 Å². The smallest absolute Gasteiger partial charge is 0.292 e. The van der Waals surface area contributed by atoms with Crippen molar-refractivity contribution in [3.63, 3.8) is 0 Å². The van der Waals surface area contributed by atoms with E-state index < -0.39 is 6.10 Å². The molecule has 0 bridgehead atoms. The Morgan fingerprint density at radius 2 is 2.00 bits per heavy atom. The van der Waals surface area contributed by atoms with Gasteiger partial charge < -0.3 is 14.5 Å². The first-order valence-corrected chi connectivity index (χ1v) is 8.33. The predicted octanol–water partition coefficient (Wildman–Crippen LogP) is 1.92. The van der Waals surface area contributed by atoms with Crippen molar-refractivity contribution in [2.45, 2.75) is 20.0 Å². The molecule has 3 rings (SSSR count). The number of rotatable bonds is 4. The molecule has 2 aromatic rings. The quantitative estimate of drug-likeness (QED) is 0.915. The molecule has 1 saturated heterocycles. The number of aromatic nitrogens is 1. The Labute approximate surface area is 145 Å². The molecule has 2 heterocycles. The van der Waals surface area contributed by atoms with Crippen molar-refractivity contribution in [2.24, 2.45) is 0 Å². The Bertz CT molecular complexity index is 754. The molecule has 0 saturated carbocycles. The van der Waals surface area contributed by atoms with Gasteiger partial charge in [-0.1, -0.05) is 11.2 Å². The lowest BCUT2D eigenvalue weighted by Gasteiger charge is -2.35. The molecule has 25 heavy (non-hydrogen) atoms. The summed E-state index contributed by atoms with van der Waals surface area (Å²) in [4.78, 5) is 16.2. The predicted molar refractivity (Wildman–Crippen MR) is 89.7 cm³/mol. The molecule has 1 amide bonds. The van der Waals surface area contributed by atoms with Gasteiger partial charge in [0, 0.05) is 38.8 Å². The molecule has 1 aromatic carbocycles. The molecule has 1 aromatic heterocycles. The number of hydrogen-bond acceptors (Lipinski definition) is 5. The highest BCUT2D eigenvalue weighted by Gasteiger charge is 2.26. The highest BCUT2D eigenvalue weighted by Crippen LogP contribution is 2.20. The van der Waals surface area contributed by atoms with Crippen molar-refractivity contribution < 1.29 is 18.8 Å². The van der Waals surface area contributed by atoms with Gasteiger partial charge in [-0.3, -0.25) is 9.69 Å². The van der Waals surface area contributed by atoms with Crippen LogP contribution in [0.15, 0.2) is 28.8 Å². The summed E-state index contributed by atoms with van der Waals surface area (Å²) in [6, 6.07) is 6.05. The summed E-state index contributed by atoms with van der Waals surface area (Å²) in [5.41, 5.74) is 2.15. The van der Waals surface area contributed by atoms with Crippen LogP contribution in [0.25, 0.3) is 0 Å². The fourth-order valence-corrected chi connectivity index (χ4v) is 3.11. The zero-order chi connectivity index (χ0) is 18.0. The topological polar surface area (TPSA) is 69.8 Å². The van der Waals surface area contributed by atoms with Crippen LogP contribution in [-0.2, 0) is 0 Å². The van der Waals surface area contributed by atoms with Gasteiger partial charge in [-0.2, -0.15) is 0 Å². The standard InChI is InChI=1S/C18H22FN3O3/c1-12-9-14(19)3-4-15(12)16(23)11-21-5-7-22(8-6-21)18(24)17-10-13(2)20-25-17/h3-4,9-10,16,23H,5-8,11H2,1-2H3. The van der Waals surface area contributed by atoms with Crippen molar-refractivity contribution in [3.8, 4) is 0 Å². The summed E-state index contributed by atoms with van der Waals surface area (Å²) in [7, 11) is 0. The summed E-state index contributed by atoms with van der Waals surface area (Å²) >= 11 is 0. The summed E-state index contributed by atoms with van der Waals surface area (Å²) in [6.45, 7) is 6.47. The van der Waals surface area contributed by atoms with Gasteiger partial charge in [0.2, 0.25) is 5.76 Å². The summed E-state index contributed by atoms with van der Waals surface area (Å²) < 4.78 is 18.2. The number of aliphatic hydroxyl groups excluding tert-OH is 1. The van der Waals surface area contributed by atoms with E-state index in [-0.39, 0.29) is 17.5 Å². The number of aryl methyl sites for hydroxylation is 2. The van der Waals surface area contributed by atoms with E-state index in [0.717, 1.165) is 11.1 Å². The number of halogens is 1. The second-order valence-electron chi connectivity index (χ2n) is 6.44. The van der Waals surface area contributed by atoms with Gasteiger partial charge in [-0.05, 0) is 37.1 Å². The normalized spacial score (nSPS) is 16.9. The van der Waals surface area contributed by atoms with Crippen LogP contribution >= 0.6 is 0 Å². The van der Waals surface area contributed by atoms with Crippen LogP contribution in [0.2, 0.25) is 0 Å². The maximum absolute atomic E-state index is 13.2. The van der Waals surface area contributed by atoms with Gasteiger partial charge in [-0.15, -0.1) is 0 Å². The van der Waals surface area contributed by atoms with Crippen LogP contribution in [0.1, 0.15) is 33.5 Å². The fraction of sp³-hybridized carbons (Fsp3) is 0.444. The highest BCUT2D eigenvalue weighted by atomic mass is 19.1. The molecule has 7 heteroatoms. The minimum Gasteiger partial charge on any atom is -0.387 e. The van der Waals surface area contributed by atoms with E-state index in [1.165, 1.54) is 12.1 Å². The number of β-amino-alcohol motifs (C(OH)–C–C–N with tert-alkyl or cyclic N) is 1. The largest absolute Gasteiger partial charge is 0.387 e. The Kier molecular flexibility index (Phi) is 5.15. The molecule has 134 valence electrons. The zero-order valence-electron chi connectivity index (χ0n) is 14.4. The minimum absolute atomic E-state index is 0.157. The molecule has 1 aliphatic heterocycles. The molecule has 1 N–H and O–H groups in total. The van der Waals surface area contributed by atoms with Gasteiger partial charge >= 0.3 is 0 Å². The summed E-state index contributed by atoms with van der Waals surface area (Å²) in [5.74, 6) is -0.202. The van der Waals surface area contributed by atoms with E-state index in [0.29, 0.717) is 38.4 Å². The van der Waals surface area contributed by atoms with Gasteiger partial charge in [0.05, 0.1) is 11.8 Å². The molecular weight excluding hydrogens is 325 g/mol. The first-order valence-electron chi connectivity index (χ1n) is 8.33. The number of carbonyl (C=O) groups is 1. The molecule has 6 nitrogen and oxygen atoms in total. The number of hydrogen-bond donors (Lipinski definition) is 1. The van der Waals surface area contributed by atoms with Gasteiger partial charge in [0.15, 0.2) is 0 Å². The SMILES string of the molecule is Cc1cc(C(=O)N2CCN(CC(O)c3ccc(F)cc3C)CC2)on1. The first-order chi connectivity index (χ1) is 11.9. The molecule has 1 fully saturated rings. The monoisotopic (exact) mass is 347 g/mol. The lowest BCUT2D eigenvalue weighted by Crippen LogP contribution is -2.49. The van der Waals surface area contributed by atoms with E-state index >= 15 is 0 Å². The van der Waals surface area contributed by atoms with Crippen molar-refractivity contribution >= 4 is 5.91 Å². The first kappa shape index (κ1) is 17.6. The number of benzene rings is 1. The molecule has 1 unspecified atom stereocenters.